The van der Waals surface area contributed by atoms with Crippen LogP contribution in [-0.4, -0.2) is 30.5 Å². The van der Waals surface area contributed by atoms with Crippen LogP contribution in [0.1, 0.15) is 5.56 Å². The van der Waals surface area contributed by atoms with Crippen molar-refractivity contribution >= 4 is 61.7 Å². The molecule has 0 fully saturated rings. The van der Waals surface area contributed by atoms with Crippen LogP contribution in [0.2, 0.25) is 15.1 Å². The maximum atomic E-state index is 12.7. The molecule has 0 aliphatic rings. The maximum absolute atomic E-state index is 12.7. The van der Waals surface area contributed by atoms with Crippen molar-refractivity contribution in [3.63, 3.8) is 0 Å². The Morgan fingerprint density at radius 1 is 1.11 bits per heavy atom. The summed E-state index contributed by atoms with van der Waals surface area (Å²) < 4.78 is 27.5. The molecule has 3 aromatic rings. The van der Waals surface area contributed by atoms with Gasteiger partial charge in [-0.15, -0.1) is 0 Å². The fourth-order valence-corrected chi connectivity index (χ4v) is 4.85. The Morgan fingerprint density at radius 3 is 2.48 bits per heavy atom. The average molecular weight is 448 g/mol. The van der Waals surface area contributed by atoms with Crippen LogP contribution < -0.4 is 4.72 Å². The second-order valence-corrected chi connectivity index (χ2v) is 8.68. The quantitative estimate of drug-likeness (QED) is 0.495. The fraction of sp³-hybridized carbons (Fsp3) is 0.118. The third-order valence-electron chi connectivity index (χ3n) is 3.96. The predicted octanol–water partition coefficient (Wildman–Crippen LogP) is 4.10. The van der Waals surface area contributed by atoms with Crippen LogP contribution in [0.5, 0.6) is 0 Å². The van der Waals surface area contributed by atoms with E-state index in [-0.39, 0.29) is 26.4 Å². The van der Waals surface area contributed by atoms with Gasteiger partial charge in [-0.2, -0.15) is 4.72 Å². The van der Waals surface area contributed by atoms with Crippen LogP contribution in [0.3, 0.4) is 0 Å². The molecule has 3 rings (SSSR count). The lowest BCUT2D eigenvalue weighted by molar-refractivity contribution is -0.138. The molecule has 6 nitrogen and oxygen atoms in total. The summed E-state index contributed by atoms with van der Waals surface area (Å²) in [7, 11) is -4.25. The number of hydrogen-bond donors (Lipinski definition) is 3. The Hall–Kier alpha value is -1.77. The van der Waals surface area contributed by atoms with Crippen molar-refractivity contribution in [1.82, 2.24) is 9.71 Å². The van der Waals surface area contributed by atoms with Gasteiger partial charge < -0.3 is 10.1 Å². The van der Waals surface area contributed by atoms with Crippen LogP contribution in [0.15, 0.2) is 47.5 Å². The first-order valence-corrected chi connectivity index (χ1v) is 10.3. The first-order chi connectivity index (χ1) is 12.7. The van der Waals surface area contributed by atoms with Gasteiger partial charge in [-0.05, 0) is 23.8 Å². The largest absolute Gasteiger partial charge is 0.480 e. The van der Waals surface area contributed by atoms with E-state index in [2.05, 4.69) is 9.71 Å². The molecule has 1 heterocycles. The standard InChI is InChI=1S/C17H13Cl3N2O4S/c18-11-6-13(20)16(7-12(11)19)27(25,26)22-15(17(23)24)5-9-8-21-14-4-2-1-3-10(9)14/h1-4,6-8,15,21-22H,5H2,(H,23,24)/t15-/m0/s1. The van der Waals surface area contributed by atoms with Crippen molar-refractivity contribution in [2.75, 3.05) is 0 Å². The SMILES string of the molecule is O=C(O)[C@H](Cc1c[nH]c2ccccc12)NS(=O)(=O)c1cc(Cl)c(Cl)cc1Cl. The molecule has 27 heavy (non-hydrogen) atoms. The normalized spacial score (nSPS) is 13.0. The van der Waals surface area contributed by atoms with Crippen molar-refractivity contribution in [3.8, 4) is 0 Å². The molecule has 0 spiro atoms. The molecule has 1 aromatic heterocycles. The van der Waals surface area contributed by atoms with E-state index in [1.807, 2.05) is 24.3 Å². The summed E-state index contributed by atoms with van der Waals surface area (Å²) in [5, 5.41) is 10.2. The van der Waals surface area contributed by atoms with E-state index in [0.717, 1.165) is 17.0 Å². The summed E-state index contributed by atoms with van der Waals surface area (Å²) in [6.45, 7) is 0. The number of sulfonamides is 1. The maximum Gasteiger partial charge on any atom is 0.322 e. The molecule has 142 valence electrons. The zero-order chi connectivity index (χ0) is 19.8. The number of para-hydroxylation sites is 1. The average Bonchev–Trinajstić information content (AvgIpc) is 3.00. The van der Waals surface area contributed by atoms with Gasteiger partial charge >= 0.3 is 5.97 Å². The predicted molar refractivity (Wildman–Crippen MR) is 105 cm³/mol. The molecule has 0 unspecified atom stereocenters. The highest BCUT2D eigenvalue weighted by Crippen LogP contribution is 2.31. The first-order valence-electron chi connectivity index (χ1n) is 7.63. The van der Waals surface area contributed by atoms with Crippen molar-refractivity contribution in [2.24, 2.45) is 0 Å². The van der Waals surface area contributed by atoms with Crippen LogP contribution in [0, 0.1) is 0 Å². The number of aliphatic carboxylic acids is 1. The van der Waals surface area contributed by atoms with Gasteiger partial charge in [-0.3, -0.25) is 4.79 Å². The van der Waals surface area contributed by atoms with E-state index in [1.165, 1.54) is 6.07 Å². The van der Waals surface area contributed by atoms with Crippen LogP contribution in [0.4, 0.5) is 0 Å². The van der Waals surface area contributed by atoms with E-state index in [4.69, 9.17) is 34.8 Å². The van der Waals surface area contributed by atoms with Gasteiger partial charge in [0.15, 0.2) is 0 Å². The summed E-state index contributed by atoms with van der Waals surface area (Å²) in [5.41, 5.74) is 1.49. The van der Waals surface area contributed by atoms with Crippen molar-refractivity contribution < 1.29 is 18.3 Å². The number of rotatable bonds is 6. The minimum Gasteiger partial charge on any atom is -0.480 e. The Kier molecular flexibility index (Phi) is 5.69. The Morgan fingerprint density at radius 2 is 1.78 bits per heavy atom. The van der Waals surface area contributed by atoms with Crippen LogP contribution >= 0.6 is 34.8 Å². The van der Waals surface area contributed by atoms with Gasteiger partial charge in [0.1, 0.15) is 10.9 Å². The molecule has 2 aromatic carbocycles. The number of H-pyrrole nitrogens is 1. The number of carboxylic acid groups (broad SMARTS) is 1. The highest BCUT2D eigenvalue weighted by molar-refractivity contribution is 7.89. The van der Waals surface area contributed by atoms with E-state index in [1.54, 1.807) is 6.20 Å². The zero-order valence-electron chi connectivity index (χ0n) is 13.5. The van der Waals surface area contributed by atoms with Gasteiger partial charge in [0.25, 0.3) is 0 Å². The second kappa shape index (κ2) is 7.69. The Labute approximate surface area is 170 Å². The summed E-state index contributed by atoms with van der Waals surface area (Å²) in [5.74, 6) is -1.32. The zero-order valence-corrected chi connectivity index (χ0v) is 16.6. The van der Waals surface area contributed by atoms with E-state index < -0.39 is 22.0 Å². The lowest BCUT2D eigenvalue weighted by Gasteiger charge is -2.16. The molecule has 1 atom stereocenters. The van der Waals surface area contributed by atoms with Gasteiger partial charge in [-0.25, -0.2) is 8.42 Å². The van der Waals surface area contributed by atoms with Crippen molar-refractivity contribution in [1.29, 1.82) is 0 Å². The summed E-state index contributed by atoms with van der Waals surface area (Å²) in [4.78, 5) is 14.3. The van der Waals surface area contributed by atoms with Gasteiger partial charge in [0.05, 0.1) is 15.1 Å². The van der Waals surface area contributed by atoms with Gasteiger partial charge in [-0.1, -0.05) is 53.0 Å². The smallest absolute Gasteiger partial charge is 0.322 e. The lowest BCUT2D eigenvalue weighted by Crippen LogP contribution is -2.42. The molecule has 0 bridgehead atoms. The molecule has 0 saturated carbocycles. The Bertz CT molecular complexity index is 1130. The number of carbonyl (C=O) groups is 1. The third kappa shape index (κ3) is 4.23. The number of fused-ring (bicyclic) bond motifs is 1. The van der Waals surface area contributed by atoms with E-state index >= 15 is 0 Å². The summed E-state index contributed by atoms with van der Waals surface area (Å²) in [6.07, 6.45) is 1.60. The topological polar surface area (TPSA) is 99.3 Å². The van der Waals surface area contributed by atoms with Gasteiger partial charge in [0, 0.05) is 23.5 Å². The number of aromatic nitrogens is 1. The number of hydrogen-bond acceptors (Lipinski definition) is 3. The number of nitrogens with one attached hydrogen (secondary N) is 2. The molecular weight excluding hydrogens is 435 g/mol. The highest BCUT2D eigenvalue weighted by atomic mass is 35.5. The van der Waals surface area contributed by atoms with Crippen LogP contribution in [0.25, 0.3) is 10.9 Å². The first kappa shape index (κ1) is 20.0. The lowest BCUT2D eigenvalue weighted by atomic mass is 10.1. The molecule has 0 radical (unpaired) electrons. The van der Waals surface area contributed by atoms with Crippen LogP contribution in [-0.2, 0) is 21.2 Å². The van der Waals surface area contributed by atoms with E-state index in [0.29, 0.717) is 5.56 Å². The molecule has 0 saturated heterocycles. The third-order valence-corrected chi connectivity index (χ3v) is 6.62. The highest BCUT2D eigenvalue weighted by Gasteiger charge is 2.28. The van der Waals surface area contributed by atoms with Gasteiger partial charge in [0.2, 0.25) is 10.0 Å². The minimum absolute atomic E-state index is 0.00931. The number of benzene rings is 2. The fourth-order valence-electron chi connectivity index (χ4n) is 2.66. The van der Waals surface area contributed by atoms with E-state index in [9.17, 15) is 18.3 Å². The summed E-state index contributed by atoms with van der Waals surface area (Å²) >= 11 is 17.6. The molecular formula is C17H13Cl3N2O4S. The molecule has 10 heteroatoms. The number of carboxylic acids is 1. The molecule has 0 aliphatic heterocycles. The second-order valence-electron chi connectivity index (χ2n) is 5.77. The minimum atomic E-state index is -4.25. The van der Waals surface area contributed by atoms with Crippen molar-refractivity contribution in [2.45, 2.75) is 17.4 Å². The molecule has 0 aliphatic carbocycles. The monoisotopic (exact) mass is 446 g/mol. The molecule has 3 N–H and O–H groups in total. The number of halogens is 3. The Balaban J connectivity index is 1.92. The molecule has 0 amide bonds. The summed E-state index contributed by atoms with van der Waals surface area (Å²) in [6, 6.07) is 8.19. The van der Waals surface area contributed by atoms with Crippen molar-refractivity contribution in [3.05, 3.63) is 63.2 Å². The number of aromatic amines is 1.